The van der Waals surface area contributed by atoms with E-state index in [1.807, 2.05) is 30.7 Å². The molecule has 0 radical (unpaired) electrons. The van der Waals surface area contributed by atoms with Crippen molar-refractivity contribution in [3.8, 4) is 0 Å². The molecule has 4 rings (SSSR count). The van der Waals surface area contributed by atoms with Gasteiger partial charge < -0.3 is 24.5 Å². The average Bonchev–Trinajstić information content (AvgIpc) is 3.44. The Kier molecular flexibility index (Phi) is 7.09. The number of hydrogen-bond donors (Lipinski definition) is 2. The molecular formula is C25H33N5O5. The molecule has 10 nitrogen and oxygen atoms in total. The minimum absolute atomic E-state index is 0.0639. The zero-order valence-corrected chi connectivity index (χ0v) is 20.4. The number of carbonyl (C=O) groups is 4. The SMILES string of the molecule is CCC(C)C(C(=O)N[C@H]1CCc2ccn3c2C1C(=O)C[C@H](C(=O)O)C3)N(C)C(=O)Cn1ccnc1. The number of aromatic nitrogens is 3. The molecule has 2 amide bonds. The van der Waals surface area contributed by atoms with Gasteiger partial charge in [0.2, 0.25) is 11.8 Å². The maximum atomic E-state index is 13.6. The van der Waals surface area contributed by atoms with Crippen molar-refractivity contribution in [3.05, 3.63) is 42.2 Å². The number of aliphatic carboxylic acids is 1. The Hall–Kier alpha value is -3.43. The van der Waals surface area contributed by atoms with Gasteiger partial charge in [0.25, 0.3) is 0 Å². The summed E-state index contributed by atoms with van der Waals surface area (Å²) in [5.74, 6) is -3.14. The van der Waals surface area contributed by atoms with Gasteiger partial charge in [0.15, 0.2) is 0 Å². The van der Waals surface area contributed by atoms with Crippen LogP contribution < -0.4 is 5.32 Å². The van der Waals surface area contributed by atoms with Crippen molar-refractivity contribution in [2.45, 2.75) is 70.6 Å². The van der Waals surface area contributed by atoms with Gasteiger partial charge >= 0.3 is 5.97 Å². The summed E-state index contributed by atoms with van der Waals surface area (Å²) in [6.07, 6.45) is 8.60. The minimum Gasteiger partial charge on any atom is -0.481 e. The average molecular weight is 484 g/mol. The molecule has 0 aromatic carbocycles. The lowest BCUT2D eigenvalue weighted by Gasteiger charge is -2.36. The molecule has 2 aromatic rings. The summed E-state index contributed by atoms with van der Waals surface area (Å²) in [5.41, 5.74) is 1.85. The van der Waals surface area contributed by atoms with E-state index >= 15 is 0 Å². The van der Waals surface area contributed by atoms with Crippen LogP contribution in [0.15, 0.2) is 31.0 Å². The Bertz CT molecular complexity index is 1110. The van der Waals surface area contributed by atoms with E-state index in [0.29, 0.717) is 19.3 Å². The fourth-order valence-electron chi connectivity index (χ4n) is 5.43. The number of nitrogens with zero attached hydrogens (tertiary/aromatic N) is 4. The molecule has 1 aliphatic carbocycles. The number of nitrogens with one attached hydrogen (secondary N) is 1. The molecule has 0 fully saturated rings. The van der Waals surface area contributed by atoms with Crippen molar-refractivity contribution < 1.29 is 24.3 Å². The summed E-state index contributed by atoms with van der Waals surface area (Å²) in [6, 6.07) is 0.798. The molecule has 0 saturated carbocycles. The number of imidazole rings is 1. The zero-order valence-electron chi connectivity index (χ0n) is 20.4. The van der Waals surface area contributed by atoms with Gasteiger partial charge in [-0.15, -0.1) is 0 Å². The summed E-state index contributed by atoms with van der Waals surface area (Å²) in [4.78, 5) is 57.0. The second-order valence-corrected chi connectivity index (χ2v) is 9.79. The Labute approximate surface area is 204 Å². The highest BCUT2D eigenvalue weighted by Gasteiger charge is 2.43. The molecule has 2 aromatic heterocycles. The van der Waals surface area contributed by atoms with Crippen LogP contribution in [0.2, 0.25) is 0 Å². The Balaban J connectivity index is 1.56. The van der Waals surface area contributed by atoms with Crippen molar-refractivity contribution in [2.75, 3.05) is 7.05 Å². The van der Waals surface area contributed by atoms with Crippen LogP contribution in [0, 0.1) is 11.8 Å². The zero-order chi connectivity index (χ0) is 25.3. The fourth-order valence-corrected chi connectivity index (χ4v) is 5.43. The summed E-state index contributed by atoms with van der Waals surface area (Å²) in [7, 11) is 1.63. The lowest BCUT2D eigenvalue weighted by Crippen LogP contribution is -2.55. The van der Waals surface area contributed by atoms with Crippen molar-refractivity contribution in [1.29, 1.82) is 0 Å². The van der Waals surface area contributed by atoms with E-state index in [0.717, 1.165) is 11.3 Å². The van der Waals surface area contributed by atoms with Gasteiger partial charge in [-0.1, -0.05) is 20.3 Å². The van der Waals surface area contributed by atoms with E-state index < -0.39 is 29.9 Å². The summed E-state index contributed by atoms with van der Waals surface area (Å²) in [6.45, 7) is 4.23. The number of amides is 2. The highest BCUT2D eigenvalue weighted by atomic mass is 16.4. The third-order valence-electron chi connectivity index (χ3n) is 7.54. The predicted octanol–water partition coefficient (Wildman–Crippen LogP) is 1.45. The van der Waals surface area contributed by atoms with Crippen LogP contribution in [-0.4, -0.2) is 66.8 Å². The highest BCUT2D eigenvalue weighted by molar-refractivity contribution is 5.92. The van der Waals surface area contributed by atoms with Gasteiger partial charge in [-0.05, 0) is 30.4 Å². The monoisotopic (exact) mass is 483 g/mol. The van der Waals surface area contributed by atoms with E-state index in [-0.39, 0.29) is 43.0 Å². The largest absolute Gasteiger partial charge is 0.481 e. The van der Waals surface area contributed by atoms with E-state index in [2.05, 4.69) is 10.3 Å². The maximum absolute atomic E-state index is 13.6. The molecule has 0 bridgehead atoms. The number of rotatable bonds is 8. The van der Waals surface area contributed by atoms with Crippen molar-refractivity contribution in [1.82, 2.24) is 24.3 Å². The third kappa shape index (κ3) is 4.87. The topological polar surface area (TPSA) is 127 Å². The van der Waals surface area contributed by atoms with Crippen LogP contribution in [-0.2, 0) is 38.7 Å². The number of aryl methyl sites for hydroxylation is 1. The first kappa shape index (κ1) is 24.7. The molecule has 10 heteroatoms. The van der Waals surface area contributed by atoms with Gasteiger partial charge in [-0.25, -0.2) is 4.98 Å². The number of carbonyl (C=O) groups excluding carboxylic acids is 3. The van der Waals surface area contributed by atoms with Crippen LogP contribution in [0.3, 0.4) is 0 Å². The maximum Gasteiger partial charge on any atom is 0.308 e. The molecule has 188 valence electrons. The van der Waals surface area contributed by atoms with Crippen molar-refractivity contribution in [3.63, 3.8) is 0 Å². The van der Waals surface area contributed by atoms with Crippen LogP contribution in [0.4, 0.5) is 0 Å². The van der Waals surface area contributed by atoms with Gasteiger partial charge in [-0.2, -0.15) is 0 Å². The van der Waals surface area contributed by atoms with Gasteiger partial charge in [0.05, 0.1) is 18.2 Å². The lowest BCUT2D eigenvalue weighted by atomic mass is 9.79. The molecule has 2 aliphatic rings. The number of ketones is 1. The number of carboxylic acids is 1. The smallest absolute Gasteiger partial charge is 0.308 e. The van der Waals surface area contributed by atoms with E-state index in [1.54, 1.807) is 30.3 Å². The molecule has 0 saturated heterocycles. The molecule has 3 unspecified atom stereocenters. The summed E-state index contributed by atoms with van der Waals surface area (Å²) >= 11 is 0. The second-order valence-electron chi connectivity index (χ2n) is 9.79. The molecule has 5 atom stereocenters. The Morgan fingerprint density at radius 1 is 1.31 bits per heavy atom. The fraction of sp³-hybridized carbons (Fsp3) is 0.560. The summed E-state index contributed by atoms with van der Waals surface area (Å²) < 4.78 is 3.53. The highest BCUT2D eigenvalue weighted by Crippen LogP contribution is 2.38. The van der Waals surface area contributed by atoms with Gasteiger partial charge in [0.1, 0.15) is 18.4 Å². The van der Waals surface area contributed by atoms with E-state index in [9.17, 15) is 24.3 Å². The van der Waals surface area contributed by atoms with Crippen LogP contribution in [0.5, 0.6) is 0 Å². The lowest BCUT2D eigenvalue weighted by molar-refractivity contribution is -0.144. The van der Waals surface area contributed by atoms with E-state index in [4.69, 9.17) is 0 Å². The normalized spacial score (nSPS) is 23.1. The van der Waals surface area contributed by atoms with Crippen molar-refractivity contribution in [2.24, 2.45) is 11.8 Å². The van der Waals surface area contributed by atoms with Crippen LogP contribution in [0.1, 0.15) is 50.3 Å². The Morgan fingerprint density at radius 3 is 2.74 bits per heavy atom. The molecule has 0 spiro atoms. The van der Waals surface area contributed by atoms with Gasteiger partial charge in [-0.3, -0.25) is 19.2 Å². The predicted molar refractivity (Wildman–Crippen MR) is 126 cm³/mol. The first-order valence-corrected chi connectivity index (χ1v) is 12.2. The molecule has 1 aliphatic heterocycles. The van der Waals surface area contributed by atoms with Crippen molar-refractivity contribution >= 4 is 23.6 Å². The second kappa shape index (κ2) is 10.1. The first-order chi connectivity index (χ1) is 16.7. The third-order valence-corrected chi connectivity index (χ3v) is 7.54. The van der Waals surface area contributed by atoms with Crippen LogP contribution >= 0.6 is 0 Å². The number of hydrogen-bond acceptors (Lipinski definition) is 5. The summed E-state index contributed by atoms with van der Waals surface area (Å²) in [5, 5.41) is 12.7. The van der Waals surface area contributed by atoms with E-state index in [1.165, 1.54) is 4.90 Å². The molecule has 35 heavy (non-hydrogen) atoms. The quantitative estimate of drug-likeness (QED) is 0.585. The molecule has 2 N–H and O–H groups in total. The standard InChI is InChI=1S/C25H33N5O5/c1-4-15(2)22(28(3)20(32)13-29-10-8-26-14-29)24(33)27-18-6-5-16-7-9-30-12-17(25(34)35)11-19(31)21(18)23(16)30/h7-10,14-15,17-18,21-22H,4-6,11-13H2,1-3H3,(H,27,33)(H,34,35)/t15?,17-,18-,21?,22?/m0/s1. The molecular weight excluding hydrogens is 450 g/mol. The minimum atomic E-state index is -0.991. The molecule has 3 heterocycles. The number of likely N-dealkylation sites (N-methyl/N-ethyl adjacent to an activating group) is 1. The Morgan fingerprint density at radius 2 is 2.09 bits per heavy atom. The van der Waals surface area contributed by atoms with Gasteiger partial charge in [0, 0.05) is 50.3 Å². The number of Topliss-reactive ketones (excluding diaryl/α,β-unsaturated/α-hetero) is 1. The first-order valence-electron chi connectivity index (χ1n) is 12.2. The number of carboxylic acid groups (broad SMARTS) is 1. The van der Waals surface area contributed by atoms with Crippen LogP contribution in [0.25, 0.3) is 0 Å².